The Kier molecular flexibility index (Phi) is 6.76. The third kappa shape index (κ3) is 4.78. The second-order valence-corrected chi connectivity index (χ2v) is 11.4. The number of hydrogen-bond donors (Lipinski definition) is 1. The van der Waals surface area contributed by atoms with Crippen LogP contribution in [0.4, 0.5) is 5.82 Å². The molecule has 3 aromatic heterocycles. The summed E-state index contributed by atoms with van der Waals surface area (Å²) in [6.45, 7) is 0. The second-order valence-electron chi connectivity index (χ2n) is 8.41. The Morgan fingerprint density at radius 2 is 1.75 bits per heavy atom. The van der Waals surface area contributed by atoms with Crippen molar-refractivity contribution in [3.05, 3.63) is 88.6 Å². The fraction of sp³-hybridized carbons (Fsp3) is 0.185. The van der Waals surface area contributed by atoms with E-state index < -0.39 is 0 Å². The zero-order valence-electron chi connectivity index (χ0n) is 19.5. The Bertz CT molecular complexity index is 1530. The molecule has 0 radical (unpaired) electrons. The maximum Gasteiger partial charge on any atom is 0.196 e. The maximum absolute atomic E-state index is 6.38. The average molecular weight is 529 g/mol. The zero-order chi connectivity index (χ0) is 24.3. The Morgan fingerprint density at radius 3 is 2.58 bits per heavy atom. The largest absolute Gasteiger partial charge is 0.383 e. The molecule has 0 unspecified atom stereocenters. The molecule has 6 rings (SSSR count). The molecule has 9 heteroatoms. The van der Waals surface area contributed by atoms with Crippen LogP contribution in [0, 0.1) is 0 Å². The number of nitrogens with two attached hydrogens (primary N) is 1. The highest BCUT2D eigenvalue weighted by atomic mass is 32.2. The van der Waals surface area contributed by atoms with Crippen molar-refractivity contribution in [3.63, 3.8) is 0 Å². The highest BCUT2D eigenvalue weighted by Crippen LogP contribution is 2.39. The number of nitrogens with zero attached hydrogens (tertiary/aromatic N) is 5. The van der Waals surface area contributed by atoms with E-state index in [0.717, 1.165) is 45.5 Å². The van der Waals surface area contributed by atoms with Crippen LogP contribution in [0.15, 0.2) is 77.1 Å². The Morgan fingerprint density at radius 1 is 0.944 bits per heavy atom. The summed E-state index contributed by atoms with van der Waals surface area (Å²) in [6, 6.07) is 20.5. The van der Waals surface area contributed by atoms with Gasteiger partial charge in [-0.25, -0.2) is 9.97 Å². The lowest BCUT2D eigenvalue weighted by Crippen LogP contribution is -2.02. The number of thiophene rings is 1. The predicted octanol–water partition coefficient (Wildman–Crippen LogP) is 6.44. The number of benzene rings is 2. The number of aromatic nitrogens is 5. The van der Waals surface area contributed by atoms with Crippen LogP contribution in [0.5, 0.6) is 0 Å². The van der Waals surface area contributed by atoms with Gasteiger partial charge in [-0.2, -0.15) is 0 Å². The number of para-hydroxylation sites is 1. The number of rotatable bonds is 8. The lowest BCUT2D eigenvalue weighted by molar-refractivity contribution is 0.865. The molecular weight excluding hydrogens is 505 g/mol. The van der Waals surface area contributed by atoms with Crippen LogP contribution in [0.2, 0.25) is 0 Å². The predicted molar refractivity (Wildman–Crippen MR) is 151 cm³/mol. The van der Waals surface area contributed by atoms with E-state index in [0.29, 0.717) is 16.7 Å². The van der Waals surface area contributed by atoms with E-state index in [1.165, 1.54) is 22.4 Å². The molecular formula is C27H24N6S3. The van der Waals surface area contributed by atoms with Crippen molar-refractivity contribution in [3.8, 4) is 5.69 Å². The van der Waals surface area contributed by atoms with Crippen LogP contribution >= 0.6 is 34.9 Å². The lowest BCUT2D eigenvalue weighted by Gasteiger charge is -2.09. The van der Waals surface area contributed by atoms with Crippen LogP contribution < -0.4 is 5.73 Å². The number of aryl methyl sites for hydroxylation is 2. The molecule has 1 aliphatic rings. The minimum Gasteiger partial charge on any atom is -0.383 e. The first kappa shape index (κ1) is 23.3. The van der Waals surface area contributed by atoms with Gasteiger partial charge in [0.1, 0.15) is 16.5 Å². The summed E-state index contributed by atoms with van der Waals surface area (Å²) in [7, 11) is 0. The van der Waals surface area contributed by atoms with E-state index in [9.17, 15) is 0 Å². The highest BCUT2D eigenvalue weighted by Gasteiger charge is 2.22. The summed E-state index contributed by atoms with van der Waals surface area (Å²) in [4.78, 5) is 11.9. The molecule has 5 aromatic rings. The molecule has 36 heavy (non-hydrogen) atoms. The summed E-state index contributed by atoms with van der Waals surface area (Å²) in [5, 5.41) is 11.7. The lowest BCUT2D eigenvalue weighted by atomic mass is 10.2. The topological polar surface area (TPSA) is 82.5 Å². The summed E-state index contributed by atoms with van der Waals surface area (Å²) in [6.07, 6.45) is 7.69. The van der Waals surface area contributed by atoms with E-state index in [1.807, 2.05) is 36.4 Å². The molecule has 0 aliphatic heterocycles. The molecule has 1 aliphatic carbocycles. The van der Waals surface area contributed by atoms with Gasteiger partial charge in [0.05, 0.1) is 11.1 Å². The number of nitrogen functional groups attached to an aromatic ring is 1. The Balaban J connectivity index is 1.22. The number of anilines is 1. The molecule has 3 heterocycles. The van der Waals surface area contributed by atoms with Gasteiger partial charge in [-0.05, 0) is 42.5 Å². The Labute approximate surface area is 222 Å². The molecule has 0 amide bonds. The molecule has 6 nitrogen and oxygen atoms in total. The number of hydrogen-bond acceptors (Lipinski definition) is 8. The maximum atomic E-state index is 6.38. The first-order chi connectivity index (χ1) is 17.8. The van der Waals surface area contributed by atoms with E-state index in [4.69, 9.17) is 10.7 Å². The van der Waals surface area contributed by atoms with Crippen LogP contribution in [0.25, 0.3) is 22.0 Å². The van der Waals surface area contributed by atoms with E-state index in [2.05, 4.69) is 56.2 Å². The van der Waals surface area contributed by atoms with Crippen LogP contribution in [0.1, 0.15) is 28.2 Å². The quantitative estimate of drug-likeness (QED) is 0.183. The van der Waals surface area contributed by atoms with E-state index >= 15 is 0 Å². The smallest absolute Gasteiger partial charge is 0.196 e. The molecule has 2 aromatic carbocycles. The highest BCUT2D eigenvalue weighted by molar-refractivity contribution is 7.99. The number of fused-ring (bicyclic) bond motifs is 3. The third-order valence-electron chi connectivity index (χ3n) is 6.04. The van der Waals surface area contributed by atoms with Gasteiger partial charge in [0, 0.05) is 16.3 Å². The summed E-state index contributed by atoms with van der Waals surface area (Å²) in [5.74, 6) is 2.84. The van der Waals surface area contributed by atoms with E-state index in [1.54, 1.807) is 34.9 Å². The Hall–Kier alpha value is -3.14. The van der Waals surface area contributed by atoms with Gasteiger partial charge in [-0.3, -0.25) is 4.57 Å². The van der Waals surface area contributed by atoms with Crippen LogP contribution in [-0.4, -0.2) is 30.5 Å². The molecule has 0 bridgehead atoms. The summed E-state index contributed by atoms with van der Waals surface area (Å²) in [5.41, 5.74) is 9.96. The molecule has 180 valence electrons. The molecule has 0 saturated carbocycles. The first-order valence-electron chi connectivity index (χ1n) is 11.8. The number of thioether (sulfide) groups is 2. The van der Waals surface area contributed by atoms with Gasteiger partial charge in [0.2, 0.25) is 0 Å². The van der Waals surface area contributed by atoms with Gasteiger partial charge in [-0.15, -0.1) is 21.5 Å². The summed E-state index contributed by atoms with van der Waals surface area (Å²) < 4.78 is 2.12. The van der Waals surface area contributed by atoms with Crippen LogP contribution in [-0.2, 0) is 18.6 Å². The molecule has 0 atom stereocenters. The van der Waals surface area contributed by atoms with Gasteiger partial charge < -0.3 is 5.73 Å². The van der Waals surface area contributed by atoms with Gasteiger partial charge in [0.15, 0.2) is 10.3 Å². The standard InChI is InChI=1S/C27H24N6S3/c28-24-23-20-14-7-15-21(20)36-25(23)30-26(29-24)35-17-22-31-32-27(33(22)19-12-5-2-6-13-19)34-16-8-11-18-9-3-1-4-10-18/h1-6,8-13H,7,14-17H2,(H2,28,29,30). The summed E-state index contributed by atoms with van der Waals surface area (Å²) >= 11 is 4.98. The SMILES string of the molecule is Nc1nc(SCc2nnc(SCC=Cc3ccccc3)n2-c2ccccc2)nc2sc3c(c12)CCC3. The van der Waals surface area contributed by atoms with Crippen molar-refractivity contribution < 1.29 is 0 Å². The molecule has 0 saturated heterocycles. The zero-order valence-corrected chi connectivity index (χ0v) is 22.0. The van der Waals surface area contributed by atoms with Crippen molar-refractivity contribution in [1.29, 1.82) is 0 Å². The van der Waals surface area contributed by atoms with Crippen molar-refractivity contribution in [2.45, 2.75) is 35.3 Å². The van der Waals surface area contributed by atoms with Crippen molar-refractivity contribution in [1.82, 2.24) is 24.7 Å². The fourth-order valence-corrected chi connectivity index (χ4v) is 7.26. The molecule has 0 spiro atoms. The minimum atomic E-state index is 0.591. The van der Waals surface area contributed by atoms with Gasteiger partial charge >= 0.3 is 0 Å². The van der Waals surface area contributed by atoms with Crippen molar-refractivity contribution in [2.24, 2.45) is 0 Å². The fourth-order valence-electron chi connectivity index (χ4n) is 4.39. The van der Waals surface area contributed by atoms with Crippen LogP contribution in [0.3, 0.4) is 0 Å². The second kappa shape index (κ2) is 10.5. The van der Waals surface area contributed by atoms with Gasteiger partial charge in [-0.1, -0.05) is 84.2 Å². The van der Waals surface area contributed by atoms with Crippen molar-refractivity contribution >= 4 is 57.0 Å². The average Bonchev–Trinajstić information content (AvgIpc) is 3.61. The van der Waals surface area contributed by atoms with Crippen molar-refractivity contribution in [2.75, 3.05) is 11.5 Å². The third-order valence-corrected chi connectivity index (χ3v) is 8.95. The molecule has 0 fully saturated rings. The molecule has 2 N–H and O–H groups in total. The van der Waals surface area contributed by atoms with Gasteiger partial charge in [0.25, 0.3) is 0 Å². The monoisotopic (exact) mass is 528 g/mol. The first-order valence-corrected chi connectivity index (χ1v) is 14.6. The van der Waals surface area contributed by atoms with E-state index in [-0.39, 0.29) is 0 Å². The minimum absolute atomic E-state index is 0.591. The normalized spacial score (nSPS) is 13.1.